The van der Waals surface area contributed by atoms with Crippen molar-refractivity contribution in [1.82, 2.24) is 19.8 Å². The average Bonchev–Trinajstić information content (AvgIpc) is 3.21. The summed E-state index contributed by atoms with van der Waals surface area (Å²) in [5.74, 6) is 1.17. The Morgan fingerprint density at radius 2 is 2.03 bits per heavy atom. The quantitative estimate of drug-likeness (QED) is 0.355. The molecule has 30 heavy (non-hydrogen) atoms. The number of aliphatic imine (C=N–C) groups is 1. The molecule has 1 aromatic heterocycles. The zero-order chi connectivity index (χ0) is 20.9. The molecule has 1 N–H and O–H groups in total. The molecule has 1 fully saturated rings. The van der Waals surface area contributed by atoms with Crippen molar-refractivity contribution in [1.29, 1.82) is 0 Å². The van der Waals surface area contributed by atoms with Crippen molar-refractivity contribution in [3.63, 3.8) is 0 Å². The number of nitrogens with one attached hydrogen (secondary N) is 1. The van der Waals surface area contributed by atoms with Gasteiger partial charge in [-0.3, -0.25) is 4.99 Å². The molecule has 0 radical (unpaired) electrons. The van der Waals surface area contributed by atoms with E-state index in [-0.39, 0.29) is 29.7 Å². The van der Waals surface area contributed by atoms with Crippen LogP contribution in [0.5, 0.6) is 5.75 Å². The highest BCUT2D eigenvalue weighted by Gasteiger charge is 2.31. The van der Waals surface area contributed by atoms with Crippen LogP contribution in [0.15, 0.2) is 48.0 Å². The van der Waals surface area contributed by atoms with E-state index in [2.05, 4.69) is 36.4 Å². The van der Waals surface area contributed by atoms with Crippen LogP contribution in [0.2, 0.25) is 0 Å². The van der Waals surface area contributed by atoms with E-state index < -0.39 is 6.36 Å². The van der Waals surface area contributed by atoms with Crippen molar-refractivity contribution >= 4 is 29.9 Å². The maximum absolute atomic E-state index is 12.2. The fourth-order valence-corrected chi connectivity index (χ4v) is 3.60. The predicted molar refractivity (Wildman–Crippen MR) is 120 cm³/mol. The molecule has 6 nitrogen and oxygen atoms in total. The van der Waals surface area contributed by atoms with Gasteiger partial charge in [-0.25, -0.2) is 4.98 Å². The van der Waals surface area contributed by atoms with E-state index in [0.29, 0.717) is 24.9 Å². The first-order chi connectivity index (χ1) is 13.9. The normalized spacial score (nSPS) is 19.9. The molecule has 0 bridgehead atoms. The van der Waals surface area contributed by atoms with Gasteiger partial charge < -0.3 is 19.5 Å². The SMILES string of the molecule is CN=C(NCCc1ccc(OC(F)(F)F)cc1)N1CCC(C)C(n2ccnc2)C1.I. The molecular weight excluding hydrogens is 510 g/mol. The molecule has 0 spiro atoms. The topological polar surface area (TPSA) is 54.7 Å². The summed E-state index contributed by atoms with van der Waals surface area (Å²) in [4.78, 5) is 10.8. The minimum Gasteiger partial charge on any atom is -0.406 e. The Morgan fingerprint density at radius 1 is 1.30 bits per heavy atom. The first-order valence-corrected chi connectivity index (χ1v) is 9.63. The van der Waals surface area contributed by atoms with Crippen LogP contribution >= 0.6 is 24.0 Å². The number of piperidine rings is 1. The van der Waals surface area contributed by atoms with Gasteiger partial charge in [0.1, 0.15) is 5.75 Å². The van der Waals surface area contributed by atoms with E-state index in [9.17, 15) is 13.2 Å². The number of rotatable bonds is 5. The van der Waals surface area contributed by atoms with Crippen LogP contribution < -0.4 is 10.1 Å². The largest absolute Gasteiger partial charge is 0.573 e. The van der Waals surface area contributed by atoms with Crippen LogP contribution in [-0.4, -0.2) is 53.5 Å². The van der Waals surface area contributed by atoms with Gasteiger partial charge in [0, 0.05) is 39.1 Å². The van der Waals surface area contributed by atoms with E-state index in [1.807, 2.05) is 12.5 Å². The number of halogens is 4. The zero-order valence-electron chi connectivity index (χ0n) is 17.0. The molecule has 1 aliphatic heterocycles. The van der Waals surface area contributed by atoms with Gasteiger partial charge in [-0.2, -0.15) is 0 Å². The summed E-state index contributed by atoms with van der Waals surface area (Å²) in [5, 5.41) is 3.36. The van der Waals surface area contributed by atoms with Crippen molar-refractivity contribution in [2.24, 2.45) is 10.9 Å². The third-order valence-corrected chi connectivity index (χ3v) is 5.19. The Morgan fingerprint density at radius 3 is 2.63 bits per heavy atom. The lowest BCUT2D eigenvalue weighted by Crippen LogP contribution is -2.49. The van der Waals surface area contributed by atoms with Gasteiger partial charge in [0.25, 0.3) is 0 Å². The van der Waals surface area contributed by atoms with Crippen LogP contribution in [0.25, 0.3) is 0 Å². The van der Waals surface area contributed by atoms with Gasteiger partial charge in [-0.1, -0.05) is 19.1 Å². The Bertz CT molecular complexity index is 796. The summed E-state index contributed by atoms with van der Waals surface area (Å²) in [6.45, 7) is 4.66. The lowest BCUT2D eigenvalue weighted by Gasteiger charge is -2.39. The monoisotopic (exact) mass is 537 g/mol. The third kappa shape index (κ3) is 6.78. The molecule has 0 saturated carbocycles. The lowest BCUT2D eigenvalue weighted by atomic mass is 9.93. The maximum atomic E-state index is 12.2. The van der Waals surface area contributed by atoms with Gasteiger partial charge in [0.2, 0.25) is 0 Å². The van der Waals surface area contributed by atoms with Crippen LogP contribution in [0.3, 0.4) is 0 Å². The molecule has 2 atom stereocenters. The predicted octanol–water partition coefficient (Wildman–Crippen LogP) is 4.10. The Hall–Kier alpha value is -1.98. The highest BCUT2D eigenvalue weighted by atomic mass is 127. The maximum Gasteiger partial charge on any atom is 0.573 e. The van der Waals surface area contributed by atoms with E-state index in [4.69, 9.17) is 0 Å². The van der Waals surface area contributed by atoms with Crippen LogP contribution in [-0.2, 0) is 6.42 Å². The first kappa shape index (κ1) is 24.3. The van der Waals surface area contributed by atoms with E-state index in [1.54, 1.807) is 25.4 Å². The van der Waals surface area contributed by atoms with Gasteiger partial charge in [-0.15, -0.1) is 37.1 Å². The van der Waals surface area contributed by atoms with Crippen LogP contribution in [0.4, 0.5) is 13.2 Å². The molecule has 0 aliphatic carbocycles. The second-order valence-corrected chi connectivity index (χ2v) is 7.20. The fraction of sp³-hybridized carbons (Fsp3) is 0.500. The summed E-state index contributed by atoms with van der Waals surface area (Å²) < 4.78 is 42.8. The number of nitrogens with zero attached hydrogens (tertiary/aromatic N) is 4. The number of alkyl halides is 3. The highest BCUT2D eigenvalue weighted by Crippen LogP contribution is 2.27. The summed E-state index contributed by atoms with van der Waals surface area (Å²) in [7, 11) is 1.76. The fourth-order valence-electron chi connectivity index (χ4n) is 3.60. The average molecular weight is 537 g/mol. The number of imidazole rings is 1. The van der Waals surface area contributed by atoms with E-state index >= 15 is 0 Å². The molecule has 2 aromatic rings. The molecule has 1 saturated heterocycles. The summed E-state index contributed by atoms with van der Waals surface area (Å²) in [5.41, 5.74) is 0.922. The second-order valence-electron chi connectivity index (χ2n) is 7.20. The molecule has 10 heteroatoms. The minimum absolute atomic E-state index is 0. The number of guanidine groups is 1. The van der Waals surface area contributed by atoms with Gasteiger partial charge >= 0.3 is 6.36 Å². The lowest BCUT2D eigenvalue weighted by molar-refractivity contribution is -0.274. The Kier molecular flexibility index (Phi) is 8.80. The first-order valence-electron chi connectivity index (χ1n) is 9.63. The van der Waals surface area contributed by atoms with Gasteiger partial charge in [0.05, 0.1) is 12.4 Å². The van der Waals surface area contributed by atoms with Crippen molar-refractivity contribution in [3.05, 3.63) is 48.5 Å². The van der Waals surface area contributed by atoms with E-state index in [0.717, 1.165) is 31.0 Å². The highest BCUT2D eigenvalue weighted by molar-refractivity contribution is 14.0. The van der Waals surface area contributed by atoms with Crippen molar-refractivity contribution in [3.8, 4) is 5.75 Å². The van der Waals surface area contributed by atoms with E-state index in [1.165, 1.54) is 12.1 Å². The minimum atomic E-state index is -4.67. The van der Waals surface area contributed by atoms with Crippen molar-refractivity contribution in [2.45, 2.75) is 32.2 Å². The molecule has 1 aliphatic rings. The summed E-state index contributed by atoms with van der Waals surface area (Å²) >= 11 is 0. The molecule has 1 aromatic carbocycles. The standard InChI is InChI=1S/C20H26F3N5O.HI/c1-15-8-11-27(13-18(15)28-12-10-25-14-28)19(24-2)26-9-7-16-3-5-17(6-4-16)29-20(21,22)23;/h3-6,10,12,14-15,18H,7-9,11,13H2,1-2H3,(H,24,26);1H. The zero-order valence-corrected chi connectivity index (χ0v) is 19.3. The molecule has 0 amide bonds. The van der Waals surface area contributed by atoms with Crippen LogP contribution in [0.1, 0.15) is 24.9 Å². The number of ether oxygens (including phenoxy) is 1. The number of hydrogen-bond donors (Lipinski definition) is 1. The van der Waals surface area contributed by atoms with Gasteiger partial charge in [0.15, 0.2) is 5.96 Å². The number of likely N-dealkylation sites (tertiary alicyclic amines) is 1. The molecule has 2 heterocycles. The number of hydrogen-bond acceptors (Lipinski definition) is 3. The molecule has 2 unspecified atom stereocenters. The smallest absolute Gasteiger partial charge is 0.406 e. The second kappa shape index (κ2) is 10.9. The number of benzene rings is 1. The van der Waals surface area contributed by atoms with Crippen LogP contribution in [0, 0.1) is 5.92 Å². The van der Waals surface area contributed by atoms with Crippen molar-refractivity contribution in [2.75, 3.05) is 26.7 Å². The van der Waals surface area contributed by atoms with Gasteiger partial charge in [-0.05, 0) is 36.5 Å². The van der Waals surface area contributed by atoms with Crippen molar-refractivity contribution < 1.29 is 17.9 Å². The molecular formula is C20H27F3IN5O. The Labute approximate surface area is 191 Å². The number of aromatic nitrogens is 2. The third-order valence-electron chi connectivity index (χ3n) is 5.19. The molecule has 166 valence electrons. The molecule has 3 rings (SSSR count). The summed E-state index contributed by atoms with van der Waals surface area (Å²) in [6.07, 6.45) is 2.70. The summed E-state index contributed by atoms with van der Waals surface area (Å²) in [6, 6.07) is 6.29. The Balaban J connectivity index is 0.00000320.